The van der Waals surface area contributed by atoms with Crippen LogP contribution in [0.5, 0.6) is 0 Å². The van der Waals surface area contributed by atoms with E-state index >= 15 is 0 Å². The molecule has 0 unspecified atom stereocenters. The number of nitrogens with one attached hydrogen (secondary N) is 3. The SMILES string of the molecule is Cc1nn(C)cc1NC(=S)NNC(=O)[C@H]1C[C@@H]1c1ccc(Cl)cc1. The van der Waals surface area contributed by atoms with Crippen molar-refractivity contribution in [1.29, 1.82) is 0 Å². The number of hydrogen-bond donors (Lipinski definition) is 3. The van der Waals surface area contributed by atoms with Crippen LogP contribution in [0.15, 0.2) is 30.5 Å². The summed E-state index contributed by atoms with van der Waals surface area (Å²) in [7, 11) is 1.83. The Morgan fingerprint density at radius 2 is 2.04 bits per heavy atom. The number of aromatic nitrogens is 2. The highest BCUT2D eigenvalue weighted by Crippen LogP contribution is 2.47. The fraction of sp³-hybridized carbons (Fsp3) is 0.312. The summed E-state index contributed by atoms with van der Waals surface area (Å²) in [5.74, 6) is 0.134. The van der Waals surface area contributed by atoms with Gasteiger partial charge in [0.25, 0.3) is 0 Å². The average molecular weight is 364 g/mol. The number of hydrazine groups is 1. The molecule has 0 spiro atoms. The molecule has 3 N–H and O–H groups in total. The monoisotopic (exact) mass is 363 g/mol. The topological polar surface area (TPSA) is 71.0 Å². The summed E-state index contributed by atoms with van der Waals surface area (Å²) in [6, 6.07) is 7.62. The zero-order chi connectivity index (χ0) is 17.3. The number of nitrogens with zero attached hydrogens (tertiary/aromatic N) is 2. The minimum Gasteiger partial charge on any atom is -0.329 e. The second kappa shape index (κ2) is 6.78. The Balaban J connectivity index is 1.47. The molecular formula is C16H18ClN5OS. The van der Waals surface area contributed by atoms with E-state index in [0.29, 0.717) is 10.1 Å². The Morgan fingerprint density at radius 3 is 2.67 bits per heavy atom. The summed E-state index contributed by atoms with van der Waals surface area (Å²) in [6.07, 6.45) is 2.65. The lowest BCUT2D eigenvalue weighted by Gasteiger charge is -2.11. The molecule has 1 aliphatic rings. The van der Waals surface area contributed by atoms with Crippen molar-refractivity contribution < 1.29 is 4.79 Å². The number of carbonyl (C=O) groups is 1. The highest BCUT2D eigenvalue weighted by Gasteiger charge is 2.43. The van der Waals surface area contributed by atoms with Crippen LogP contribution in [-0.4, -0.2) is 20.8 Å². The van der Waals surface area contributed by atoms with Crippen LogP contribution in [0, 0.1) is 12.8 Å². The minimum atomic E-state index is -0.0676. The van der Waals surface area contributed by atoms with Crippen molar-refractivity contribution in [3.8, 4) is 0 Å². The molecule has 0 saturated heterocycles. The Bertz CT molecular complexity index is 773. The van der Waals surface area contributed by atoms with Crippen LogP contribution in [0.25, 0.3) is 0 Å². The van der Waals surface area contributed by atoms with Crippen LogP contribution in [0.2, 0.25) is 5.02 Å². The van der Waals surface area contributed by atoms with Crippen molar-refractivity contribution in [1.82, 2.24) is 20.6 Å². The average Bonchev–Trinajstić information content (AvgIpc) is 3.27. The van der Waals surface area contributed by atoms with Gasteiger partial charge in [0, 0.05) is 24.2 Å². The molecule has 0 aliphatic heterocycles. The lowest BCUT2D eigenvalue weighted by atomic mass is 10.1. The molecule has 6 nitrogen and oxygen atoms in total. The van der Waals surface area contributed by atoms with Gasteiger partial charge in [-0.05, 0) is 49.2 Å². The minimum absolute atomic E-state index is 0.0402. The van der Waals surface area contributed by atoms with Gasteiger partial charge in [0.05, 0.1) is 11.4 Å². The van der Waals surface area contributed by atoms with E-state index in [4.69, 9.17) is 23.8 Å². The number of rotatable bonds is 3. The first-order valence-electron chi connectivity index (χ1n) is 7.56. The first-order chi connectivity index (χ1) is 11.4. The second-order valence-electron chi connectivity index (χ2n) is 5.87. The molecule has 1 heterocycles. The van der Waals surface area contributed by atoms with Crippen molar-refractivity contribution in [2.45, 2.75) is 19.3 Å². The predicted molar refractivity (Wildman–Crippen MR) is 97.7 cm³/mol. The van der Waals surface area contributed by atoms with E-state index in [1.54, 1.807) is 4.68 Å². The first kappa shape index (κ1) is 16.7. The lowest BCUT2D eigenvalue weighted by Crippen LogP contribution is -2.44. The number of halogens is 1. The third-order valence-electron chi connectivity index (χ3n) is 3.99. The maximum absolute atomic E-state index is 12.2. The van der Waals surface area contributed by atoms with E-state index < -0.39 is 0 Å². The molecule has 3 rings (SSSR count). The first-order valence-corrected chi connectivity index (χ1v) is 8.35. The van der Waals surface area contributed by atoms with E-state index in [1.807, 2.05) is 44.4 Å². The van der Waals surface area contributed by atoms with Crippen molar-refractivity contribution in [2.24, 2.45) is 13.0 Å². The second-order valence-corrected chi connectivity index (χ2v) is 6.72. The van der Waals surface area contributed by atoms with Crippen LogP contribution in [0.3, 0.4) is 0 Å². The van der Waals surface area contributed by atoms with E-state index in [9.17, 15) is 4.79 Å². The van der Waals surface area contributed by atoms with Crippen molar-refractivity contribution in [3.63, 3.8) is 0 Å². The maximum Gasteiger partial charge on any atom is 0.242 e. The third-order valence-corrected chi connectivity index (χ3v) is 4.44. The molecule has 0 radical (unpaired) electrons. The highest BCUT2D eigenvalue weighted by molar-refractivity contribution is 7.80. The summed E-state index contributed by atoms with van der Waals surface area (Å²) >= 11 is 11.1. The normalized spacial score (nSPS) is 18.8. The third kappa shape index (κ3) is 3.85. The fourth-order valence-corrected chi connectivity index (χ4v) is 2.94. The molecule has 2 aromatic rings. The lowest BCUT2D eigenvalue weighted by molar-refractivity contribution is -0.122. The van der Waals surface area contributed by atoms with Crippen LogP contribution < -0.4 is 16.2 Å². The molecule has 1 saturated carbocycles. The fourth-order valence-electron chi connectivity index (χ4n) is 2.65. The Kier molecular flexibility index (Phi) is 4.73. The molecule has 126 valence electrons. The number of aryl methyl sites for hydroxylation is 2. The summed E-state index contributed by atoms with van der Waals surface area (Å²) in [5, 5.41) is 8.24. The van der Waals surface area contributed by atoms with Gasteiger partial charge in [0.15, 0.2) is 5.11 Å². The number of hydrogen-bond acceptors (Lipinski definition) is 3. The largest absolute Gasteiger partial charge is 0.329 e. The van der Waals surface area contributed by atoms with Gasteiger partial charge in [-0.3, -0.25) is 20.3 Å². The molecule has 1 aromatic carbocycles. The maximum atomic E-state index is 12.2. The number of carbonyl (C=O) groups excluding carboxylic acids is 1. The zero-order valence-electron chi connectivity index (χ0n) is 13.3. The van der Waals surface area contributed by atoms with Gasteiger partial charge in [0.2, 0.25) is 5.91 Å². The Labute approximate surface area is 150 Å². The molecule has 1 fully saturated rings. The predicted octanol–water partition coefficient (Wildman–Crippen LogP) is 2.50. The zero-order valence-corrected chi connectivity index (χ0v) is 14.9. The van der Waals surface area contributed by atoms with Crippen molar-refractivity contribution >= 4 is 40.5 Å². The summed E-state index contributed by atoms with van der Waals surface area (Å²) in [6.45, 7) is 1.88. The summed E-state index contributed by atoms with van der Waals surface area (Å²) in [5.41, 5.74) is 8.15. The molecule has 8 heteroatoms. The standard InChI is InChI=1S/C16H18ClN5OS/c1-9-14(8-22(2)21-9)18-16(24)20-19-15(23)13-7-12(13)10-3-5-11(17)6-4-10/h3-6,8,12-13H,7H2,1-2H3,(H,19,23)(H2,18,20,24)/t12-,13+/m1/s1. The van der Waals surface area contributed by atoms with Crippen molar-refractivity contribution in [3.05, 3.63) is 46.7 Å². The van der Waals surface area contributed by atoms with Gasteiger partial charge in [-0.2, -0.15) is 5.10 Å². The molecule has 2 atom stereocenters. The van der Waals surface area contributed by atoms with E-state index in [-0.39, 0.29) is 17.7 Å². The molecule has 0 bridgehead atoms. The van der Waals surface area contributed by atoms with E-state index in [2.05, 4.69) is 21.3 Å². The van der Waals surface area contributed by atoms with Gasteiger partial charge < -0.3 is 5.32 Å². The van der Waals surface area contributed by atoms with E-state index in [0.717, 1.165) is 23.4 Å². The molecule has 1 amide bonds. The number of benzene rings is 1. The number of amides is 1. The van der Waals surface area contributed by atoms with Crippen LogP contribution in [0.4, 0.5) is 5.69 Å². The smallest absolute Gasteiger partial charge is 0.242 e. The van der Waals surface area contributed by atoms with Crippen molar-refractivity contribution in [2.75, 3.05) is 5.32 Å². The Hall–Kier alpha value is -2.12. The molecular weight excluding hydrogens is 346 g/mol. The van der Waals surface area contributed by atoms with Gasteiger partial charge >= 0.3 is 0 Å². The number of thiocarbonyl (C=S) groups is 1. The van der Waals surface area contributed by atoms with Gasteiger partial charge in [-0.25, -0.2) is 0 Å². The Morgan fingerprint density at radius 1 is 1.33 bits per heavy atom. The van der Waals surface area contributed by atoms with Crippen LogP contribution in [-0.2, 0) is 11.8 Å². The quantitative estimate of drug-likeness (QED) is 0.577. The molecule has 1 aromatic heterocycles. The van der Waals surface area contributed by atoms with Crippen LogP contribution >= 0.6 is 23.8 Å². The van der Waals surface area contributed by atoms with Gasteiger partial charge in [0.1, 0.15) is 0 Å². The summed E-state index contributed by atoms with van der Waals surface area (Å²) < 4.78 is 1.69. The van der Waals surface area contributed by atoms with E-state index in [1.165, 1.54) is 0 Å². The number of anilines is 1. The van der Waals surface area contributed by atoms with Crippen LogP contribution in [0.1, 0.15) is 23.6 Å². The van der Waals surface area contributed by atoms with Gasteiger partial charge in [-0.1, -0.05) is 23.7 Å². The van der Waals surface area contributed by atoms with Gasteiger partial charge in [-0.15, -0.1) is 0 Å². The molecule has 24 heavy (non-hydrogen) atoms. The highest BCUT2D eigenvalue weighted by atomic mass is 35.5. The molecule has 1 aliphatic carbocycles. The summed E-state index contributed by atoms with van der Waals surface area (Å²) in [4.78, 5) is 12.2.